The van der Waals surface area contributed by atoms with Gasteiger partial charge in [-0.1, -0.05) is 97.0 Å². The summed E-state index contributed by atoms with van der Waals surface area (Å²) in [6.45, 7) is 11.2. The van der Waals surface area contributed by atoms with Gasteiger partial charge in [-0.05, 0) is 20.3 Å². The summed E-state index contributed by atoms with van der Waals surface area (Å²) in [5.74, 6) is -0.346. The van der Waals surface area contributed by atoms with Crippen molar-refractivity contribution in [3.63, 3.8) is 0 Å². The first-order valence-electron chi connectivity index (χ1n) is 11.1. The Morgan fingerprint density at radius 1 is 0.885 bits per heavy atom. The molecule has 154 valence electrons. The maximum Gasteiger partial charge on any atom is 0.330 e. The molecule has 1 N–H and O–H groups in total. The number of hydrogen-bond acceptors (Lipinski definition) is 3. The summed E-state index contributed by atoms with van der Waals surface area (Å²) < 4.78 is 4.99. The Morgan fingerprint density at radius 3 is 1.81 bits per heavy atom. The topological polar surface area (TPSA) is 38.3 Å². The van der Waals surface area contributed by atoms with E-state index in [0.717, 1.165) is 0 Å². The molecule has 0 saturated carbocycles. The van der Waals surface area contributed by atoms with Crippen LogP contribution < -0.4 is 5.32 Å². The number of esters is 1. The summed E-state index contributed by atoms with van der Waals surface area (Å²) in [6, 6.07) is 0. The number of hydrogen-bond donors (Lipinski definition) is 1. The average molecular weight is 368 g/mol. The highest BCUT2D eigenvalue weighted by Gasteiger charge is 2.15. The molecule has 0 aliphatic carbocycles. The summed E-state index contributed by atoms with van der Waals surface area (Å²) >= 11 is 0. The third kappa shape index (κ3) is 18.0. The van der Waals surface area contributed by atoms with Crippen molar-refractivity contribution in [2.24, 2.45) is 0 Å². The largest absolute Gasteiger partial charge is 0.461 e. The number of unbranched alkanes of at least 4 members (excludes halogenated alkanes) is 12. The Morgan fingerprint density at radius 2 is 1.35 bits per heavy atom. The van der Waals surface area contributed by atoms with Gasteiger partial charge < -0.3 is 10.1 Å². The molecule has 0 saturated heterocycles. The smallest absolute Gasteiger partial charge is 0.330 e. The van der Waals surface area contributed by atoms with E-state index in [-0.39, 0.29) is 11.5 Å². The van der Waals surface area contributed by atoms with E-state index >= 15 is 0 Å². The van der Waals surface area contributed by atoms with Crippen molar-refractivity contribution in [2.45, 2.75) is 116 Å². The Kier molecular flexibility index (Phi) is 17.0. The highest BCUT2D eigenvalue weighted by molar-refractivity contribution is 5.81. The van der Waals surface area contributed by atoms with Crippen LogP contribution in [0.1, 0.15) is 111 Å². The minimum atomic E-state index is -0.346. The molecule has 0 aromatic heterocycles. The molecule has 0 fully saturated rings. The normalized spacial score (nSPS) is 11.5. The molecule has 0 aliphatic heterocycles. The van der Waals surface area contributed by atoms with Gasteiger partial charge in [0.1, 0.15) is 6.61 Å². The molecule has 0 heterocycles. The standard InChI is InChI=1S/C23H45NO2/c1-5-7-8-9-10-11-12-13-14-15-16-17-18-19-23(3,4)24-20-21-26-22(25)6-2/h6,24H,2,5,7-21H2,1,3-4H3. The predicted octanol–water partition coefficient (Wildman–Crippen LogP) is 6.57. The minimum Gasteiger partial charge on any atom is -0.461 e. The first-order chi connectivity index (χ1) is 12.5. The molecule has 3 nitrogen and oxygen atoms in total. The van der Waals surface area contributed by atoms with Crippen molar-refractivity contribution in [2.75, 3.05) is 13.2 Å². The molecular formula is C23H45NO2. The molecule has 0 radical (unpaired) electrons. The molecule has 0 aromatic carbocycles. The van der Waals surface area contributed by atoms with Crippen molar-refractivity contribution in [3.05, 3.63) is 12.7 Å². The summed E-state index contributed by atoms with van der Waals surface area (Å²) in [4.78, 5) is 11.0. The van der Waals surface area contributed by atoms with Crippen LogP contribution in [0.15, 0.2) is 12.7 Å². The van der Waals surface area contributed by atoms with E-state index in [9.17, 15) is 4.79 Å². The number of carbonyl (C=O) groups excluding carboxylic acids is 1. The van der Waals surface area contributed by atoms with Crippen molar-refractivity contribution in [3.8, 4) is 0 Å². The molecular weight excluding hydrogens is 322 g/mol. The van der Waals surface area contributed by atoms with Crippen LogP contribution >= 0.6 is 0 Å². The van der Waals surface area contributed by atoms with Crippen LogP contribution in [0, 0.1) is 0 Å². The van der Waals surface area contributed by atoms with Gasteiger partial charge >= 0.3 is 5.97 Å². The van der Waals surface area contributed by atoms with E-state index in [0.29, 0.717) is 13.2 Å². The van der Waals surface area contributed by atoms with Crippen molar-refractivity contribution < 1.29 is 9.53 Å². The molecule has 0 rings (SSSR count). The molecule has 0 spiro atoms. The van der Waals surface area contributed by atoms with Crippen LogP contribution in [-0.4, -0.2) is 24.7 Å². The second-order valence-electron chi connectivity index (χ2n) is 8.17. The van der Waals surface area contributed by atoms with Crippen molar-refractivity contribution in [1.82, 2.24) is 5.32 Å². The lowest BCUT2D eigenvalue weighted by atomic mass is 9.96. The van der Waals surface area contributed by atoms with Crippen LogP contribution in [0.4, 0.5) is 0 Å². The van der Waals surface area contributed by atoms with Gasteiger partial charge in [0, 0.05) is 18.2 Å². The first-order valence-corrected chi connectivity index (χ1v) is 11.1. The number of carbonyl (C=O) groups is 1. The Labute approximate surface area is 163 Å². The molecule has 3 heteroatoms. The Hall–Kier alpha value is -0.830. The summed E-state index contributed by atoms with van der Waals surface area (Å²) in [7, 11) is 0. The van der Waals surface area contributed by atoms with Gasteiger partial charge in [0.25, 0.3) is 0 Å². The maximum absolute atomic E-state index is 11.0. The third-order valence-electron chi connectivity index (χ3n) is 5.02. The number of rotatable bonds is 19. The Bertz CT molecular complexity index is 339. The zero-order chi connectivity index (χ0) is 19.5. The zero-order valence-electron chi connectivity index (χ0n) is 17.9. The van der Waals surface area contributed by atoms with Gasteiger partial charge in [0.2, 0.25) is 0 Å². The molecule has 26 heavy (non-hydrogen) atoms. The van der Waals surface area contributed by atoms with E-state index in [1.165, 1.54) is 96.0 Å². The lowest BCUT2D eigenvalue weighted by Crippen LogP contribution is -2.41. The van der Waals surface area contributed by atoms with Crippen molar-refractivity contribution >= 4 is 5.97 Å². The van der Waals surface area contributed by atoms with Gasteiger partial charge in [-0.2, -0.15) is 0 Å². The lowest BCUT2D eigenvalue weighted by molar-refractivity contribution is -0.137. The van der Waals surface area contributed by atoms with Crippen LogP contribution in [0.5, 0.6) is 0 Å². The highest BCUT2D eigenvalue weighted by Crippen LogP contribution is 2.16. The number of nitrogens with one attached hydrogen (secondary N) is 1. The molecule has 0 unspecified atom stereocenters. The molecule has 0 amide bonds. The SMILES string of the molecule is C=CC(=O)OCCNC(C)(C)CCCCCCCCCCCCCCC. The second kappa shape index (κ2) is 17.6. The van der Waals surface area contributed by atoms with Gasteiger partial charge in [-0.25, -0.2) is 4.79 Å². The minimum absolute atomic E-state index is 0.109. The molecule has 0 aromatic rings. The van der Waals surface area contributed by atoms with E-state index in [2.05, 4.69) is 32.7 Å². The van der Waals surface area contributed by atoms with Gasteiger partial charge in [-0.3, -0.25) is 0 Å². The van der Waals surface area contributed by atoms with E-state index < -0.39 is 0 Å². The van der Waals surface area contributed by atoms with E-state index in [4.69, 9.17) is 4.74 Å². The first kappa shape index (κ1) is 25.2. The van der Waals surface area contributed by atoms with Gasteiger partial charge in [0.15, 0.2) is 0 Å². The van der Waals surface area contributed by atoms with Crippen LogP contribution in [0.2, 0.25) is 0 Å². The summed E-state index contributed by atoms with van der Waals surface area (Å²) in [6.07, 6.45) is 20.5. The van der Waals surface area contributed by atoms with Crippen LogP contribution in [0.3, 0.4) is 0 Å². The fourth-order valence-electron chi connectivity index (χ4n) is 3.27. The fourth-order valence-corrected chi connectivity index (χ4v) is 3.27. The summed E-state index contributed by atoms with van der Waals surface area (Å²) in [5.41, 5.74) is 0.109. The van der Waals surface area contributed by atoms with Gasteiger partial charge in [0.05, 0.1) is 0 Å². The maximum atomic E-state index is 11.0. The highest BCUT2D eigenvalue weighted by atomic mass is 16.5. The van der Waals surface area contributed by atoms with Crippen molar-refractivity contribution in [1.29, 1.82) is 0 Å². The van der Waals surface area contributed by atoms with E-state index in [1.807, 2.05) is 0 Å². The molecule has 0 aliphatic rings. The van der Waals surface area contributed by atoms with Crippen LogP contribution in [-0.2, 0) is 9.53 Å². The molecule has 0 atom stereocenters. The average Bonchev–Trinajstić information content (AvgIpc) is 2.62. The lowest BCUT2D eigenvalue weighted by Gasteiger charge is -2.26. The quantitative estimate of drug-likeness (QED) is 0.159. The zero-order valence-corrected chi connectivity index (χ0v) is 17.9. The summed E-state index contributed by atoms with van der Waals surface area (Å²) in [5, 5.41) is 3.47. The second-order valence-corrected chi connectivity index (χ2v) is 8.17. The predicted molar refractivity (Wildman–Crippen MR) is 114 cm³/mol. The van der Waals surface area contributed by atoms with E-state index in [1.54, 1.807) is 0 Å². The van der Waals surface area contributed by atoms with Crippen LogP contribution in [0.25, 0.3) is 0 Å². The molecule has 0 bridgehead atoms. The van der Waals surface area contributed by atoms with Gasteiger partial charge in [-0.15, -0.1) is 0 Å². The fraction of sp³-hybridized carbons (Fsp3) is 0.870. The number of ether oxygens (including phenoxy) is 1. The third-order valence-corrected chi connectivity index (χ3v) is 5.02. The Balaban J connectivity index is 3.34. The monoisotopic (exact) mass is 367 g/mol.